The molecule has 94 valence electrons. The van der Waals surface area contributed by atoms with Crippen molar-refractivity contribution < 1.29 is 14.0 Å². The van der Waals surface area contributed by atoms with Crippen LogP contribution in [0, 0.1) is 5.82 Å². The Bertz CT molecular complexity index is 521. The number of rotatable bonds is 2. The second-order valence-electron chi connectivity index (χ2n) is 3.58. The molecule has 1 fully saturated rings. The van der Waals surface area contributed by atoms with Crippen LogP contribution < -0.4 is 0 Å². The molecule has 1 aromatic carbocycles. The number of carbonyl (C=O) groups excluding carboxylic acids is 2. The lowest BCUT2D eigenvalue weighted by molar-refractivity contribution is 0.195. The van der Waals surface area contributed by atoms with Crippen molar-refractivity contribution in [1.82, 2.24) is 9.91 Å². The molecule has 18 heavy (non-hydrogen) atoms. The highest BCUT2D eigenvalue weighted by atomic mass is 35.5. The van der Waals surface area contributed by atoms with E-state index in [1.807, 2.05) is 0 Å². The van der Waals surface area contributed by atoms with Gasteiger partial charge in [-0.25, -0.2) is 19.1 Å². The molecule has 1 aliphatic rings. The van der Waals surface area contributed by atoms with Crippen molar-refractivity contribution in [1.29, 1.82) is 0 Å². The number of imide groups is 1. The summed E-state index contributed by atoms with van der Waals surface area (Å²) in [4.78, 5) is 23.3. The first-order chi connectivity index (χ1) is 8.59. The normalized spacial score (nSPS) is 15.8. The average Bonchev–Trinajstić information content (AvgIpc) is 2.70. The Morgan fingerprint density at radius 3 is 2.72 bits per heavy atom. The minimum Gasteiger partial charge on any atom is -0.255 e. The summed E-state index contributed by atoms with van der Waals surface area (Å²) in [6, 6.07) is 5.43. The molecule has 0 bridgehead atoms. The van der Waals surface area contributed by atoms with Crippen LogP contribution in [0.2, 0.25) is 0 Å². The number of urea groups is 1. The van der Waals surface area contributed by atoms with Gasteiger partial charge in [0.15, 0.2) is 0 Å². The maximum Gasteiger partial charge on any atom is 0.348 e. The fourth-order valence-corrected chi connectivity index (χ4v) is 1.66. The van der Waals surface area contributed by atoms with E-state index in [1.54, 1.807) is 12.1 Å². The van der Waals surface area contributed by atoms with Crippen molar-refractivity contribution >= 4 is 29.2 Å². The number of hydrogen-bond acceptors (Lipinski definition) is 3. The summed E-state index contributed by atoms with van der Waals surface area (Å²) in [5.74, 6) is -0.432. The van der Waals surface area contributed by atoms with Crippen molar-refractivity contribution in [3.05, 3.63) is 35.6 Å². The molecule has 0 aromatic heterocycles. The summed E-state index contributed by atoms with van der Waals surface area (Å²) in [7, 11) is 0. The minimum absolute atomic E-state index is 0.176. The Hall–Kier alpha value is -1.95. The number of nitrogens with zero attached hydrogens (tertiary/aromatic N) is 3. The summed E-state index contributed by atoms with van der Waals surface area (Å²) in [5, 5.41) is 4.05. The summed E-state index contributed by atoms with van der Waals surface area (Å²) in [6.45, 7) is 0.415. The zero-order chi connectivity index (χ0) is 13.1. The predicted molar refractivity (Wildman–Crippen MR) is 64.1 cm³/mol. The highest BCUT2D eigenvalue weighted by Crippen LogP contribution is 2.12. The van der Waals surface area contributed by atoms with E-state index in [0.717, 1.165) is 9.91 Å². The highest BCUT2D eigenvalue weighted by molar-refractivity contribution is 6.64. The van der Waals surface area contributed by atoms with Gasteiger partial charge in [0.25, 0.3) is 0 Å². The Morgan fingerprint density at radius 1 is 1.39 bits per heavy atom. The van der Waals surface area contributed by atoms with Gasteiger partial charge in [-0.05, 0) is 17.7 Å². The second-order valence-corrected chi connectivity index (χ2v) is 3.90. The molecule has 0 N–H and O–H groups in total. The van der Waals surface area contributed by atoms with Gasteiger partial charge in [0.2, 0.25) is 0 Å². The third-order valence-corrected chi connectivity index (χ3v) is 2.64. The molecule has 0 unspecified atom stereocenters. The number of halogens is 2. The average molecular weight is 270 g/mol. The first-order valence-corrected chi connectivity index (χ1v) is 5.54. The van der Waals surface area contributed by atoms with Gasteiger partial charge in [-0.1, -0.05) is 18.2 Å². The molecule has 0 atom stereocenters. The summed E-state index contributed by atoms with van der Waals surface area (Å²) in [5.41, 5.74) is 0.265. The molecule has 2 rings (SSSR count). The second kappa shape index (κ2) is 5.14. The lowest BCUT2D eigenvalue weighted by atomic mass is 10.2. The lowest BCUT2D eigenvalue weighted by Crippen LogP contribution is -2.30. The summed E-state index contributed by atoms with van der Waals surface area (Å²) >= 11 is 5.21. The van der Waals surface area contributed by atoms with Gasteiger partial charge in [-0.3, -0.25) is 4.79 Å². The zero-order valence-corrected chi connectivity index (χ0v) is 9.97. The number of carbonyl (C=O) groups is 2. The molecule has 7 heteroatoms. The molecule has 5 nitrogen and oxygen atoms in total. The maximum absolute atomic E-state index is 13.3. The number of benzene rings is 1. The van der Waals surface area contributed by atoms with Gasteiger partial charge in [-0.15, -0.1) is 0 Å². The Labute approximate surface area is 107 Å². The molecule has 1 aliphatic heterocycles. The first kappa shape index (κ1) is 12.5. The van der Waals surface area contributed by atoms with Crippen LogP contribution >= 0.6 is 11.6 Å². The molecule has 0 aliphatic carbocycles. The van der Waals surface area contributed by atoms with Gasteiger partial charge < -0.3 is 0 Å². The third kappa shape index (κ3) is 2.48. The van der Waals surface area contributed by atoms with Gasteiger partial charge in [0.05, 0.1) is 19.3 Å². The number of hydrazone groups is 1. The molecular formula is C11H9ClFN3O2. The van der Waals surface area contributed by atoms with Crippen LogP contribution in [0.25, 0.3) is 0 Å². The van der Waals surface area contributed by atoms with Crippen LogP contribution in [0.5, 0.6) is 0 Å². The van der Waals surface area contributed by atoms with Gasteiger partial charge in [0.1, 0.15) is 5.82 Å². The topological polar surface area (TPSA) is 53.0 Å². The fourth-order valence-electron chi connectivity index (χ4n) is 1.51. The lowest BCUT2D eigenvalue weighted by Gasteiger charge is -2.09. The van der Waals surface area contributed by atoms with E-state index >= 15 is 0 Å². The molecule has 1 aromatic rings. The van der Waals surface area contributed by atoms with E-state index in [1.165, 1.54) is 18.3 Å². The zero-order valence-electron chi connectivity index (χ0n) is 9.22. The van der Waals surface area contributed by atoms with E-state index in [0.29, 0.717) is 0 Å². The minimum atomic E-state index is -0.844. The van der Waals surface area contributed by atoms with Crippen molar-refractivity contribution in [2.24, 2.45) is 5.10 Å². The highest BCUT2D eigenvalue weighted by Gasteiger charge is 2.32. The molecule has 1 saturated heterocycles. The SMILES string of the molecule is O=C(Cl)N1CCN(/N=C/c2ccccc2F)C1=O. The quantitative estimate of drug-likeness (QED) is 0.470. The third-order valence-electron chi connectivity index (χ3n) is 2.44. The van der Waals surface area contributed by atoms with E-state index in [-0.39, 0.29) is 18.7 Å². The largest absolute Gasteiger partial charge is 0.348 e. The Balaban J connectivity index is 2.10. The van der Waals surface area contributed by atoms with E-state index in [2.05, 4.69) is 5.10 Å². The molecule has 1 heterocycles. The Kier molecular flexibility index (Phi) is 3.57. The van der Waals surface area contributed by atoms with Gasteiger partial charge in [-0.2, -0.15) is 5.10 Å². The molecule has 0 saturated carbocycles. The van der Waals surface area contributed by atoms with Crippen LogP contribution in [0.4, 0.5) is 14.0 Å². The van der Waals surface area contributed by atoms with Crippen LogP contribution in [-0.4, -0.2) is 40.6 Å². The van der Waals surface area contributed by atoms with Crippen LogP contribution in [0.1, 0.15) is 5.56 Å². The molecule has 0 spiro atoms. The van der Waals surface area contributed by atoms with Crippen molar-refractivity contribution in [2.45, 2.75) is 0 Å². The van der Waals surface area contributed by atoms with Crippen LogP contribution in [0.3, 0.4) is 0 Å². The Morgan fingerprint density at radius 2 is 2.11 bits per heavy atom. The van der Waals surface area contributed by atoms with Crippen molar-refractivity contribution in [3.8, 4) is 0 Å². The van der Waals surface area contributed by atoms with Crippen LogP contribution in [-0.2, 0) is 0 Å². The summed E-state index contributed by atoms with van der Waals surface area (Å²) in [6.07, 6.45) is 1.23. The first-order valence-electron chi connectivity index (χ1n) is 5.16. The van der Waals surface area contributed by atoms with Crippen LogP contribution in [0.15, 0.2) is 29.4 Å². The molecular weight excluding hydrogens is 261 g/mol. The number of hydrogen-bond donors (Lipinski definition) is 0. The van der Waals surface area contributed by atoms with Gasteiger partial charge in [0, 0.05) is 5.56 Å². The predicted octanol–water partition coefficient (Wildman–Crippen LogP) is 2.26. The summed E-state index contributed by atoms with van der Waals surface area (Å²) < 4.78 is 13.3. The molecule has 0 radical (unpaired) electrons. The van der Waals surface area contributed by atoms with E-state index in [4.69, 9.17) is 11.6 Å². The van der Waals surface area contributed by atoms with Gasteiger partial charge >= 0.3 is 11.4 Å². The number of amides is 3. The fraction of sp³-hybridized carbons (Fsp3) is 0.182. The standard InChI is InChI=1S/C11H9ClFN3O2/c12-10(17)15-5-6-16(11(15)18)14-7-8-3-1-2-4-9(8)13/h1-4,7H,5-6H2/b14-7+. The molecule has 3 amide bonds. The van der Waals surface area contributed by atoms with E-state index < -0.39 is 17.2 Å². The maximum atomic E-state index is 13.3. The van der Waals surface area contributed by atoms with E-state index in [9.17, 15) is 14.0 Å². The van der Waals surface area contributed by atoms with Crippen molar-refractivity contribution in [3.63, 3.8) is 0 Å². The monoisotopic (exact) mass is 269 g/mol. The van der Waals surface area contributed by atoms with Crippen molar-refractivity contribution in [2.75, 3.05) is 13.1 Å². The smallest absolute Gasteiger partial charge is 0.255 e.